The van der Waals surface area contributed by atoms with Gasteiger partial charge >= 0.3 is 0 Å². The Kier molecular flexibility index (Phi) is 2.25. The molecule has 0 amide bonds. The van der Waals surface area contributed by atoms with Crippen molar-refractivity contribution in [2.24, 2.45) is 5.92 Å². The highest BCUT2D eigenvalue weighted by molar-refractivity contribution is 7.99. The number of nitrogens with one attached hydrogen (secondary N) is 2. The standard InChI is InChI=1S/C10H15N3S/c1-3-11-9(7-2-4-14-5-7)10-8(1)12-6-13-10/h6-7,9,11H,1-5H2,(H,12,13). The summed E-state index contributed by atoms with van der Waals surface area (Å²) in [5.41, 5.74) is 2.63. The van der Waals surface area contributed by atoms with Crippen molar-refractivity contribution in [1.82, 2.24) is 15.3 Å². The van der Waals surface area contributed by atoms with E-state index in [1.165, 1.54) is 29.3 Å². The second kappa shape index (κ2) is 3.59. The minimum Gasteiger partial charge on any atom is -0.348 e. The molecule has 76 valence electrons. The lowest BCUT2D eigenvalue weighted by atomic mass is 9.92. The summed E-state index contributed by atoms with van der Waals surface area (Å²) in [6.45, 7) is 1.10. The summed E-state index contributed by atoms with van der Waals surface area (Å²) in [5.74, 6) is 3.41. The Balaban J connectivity index is 1.88. The molecule has 0 aromatic carbocycles. The van der Waals surface area contributed by atoms with Gasteiger partial charge in [-0.3, -0.25) is 0 Å². The fourth-order valence-electron chi connectivity index (χ4n) is 2.45. The zero-order valence-electron chi connectivity index (χ0n) is 8.12. The molecule has 0 aliphatic carbocycles. The second-order valence-corrected chi connectivity index (χ2v) is 5.22. The van der Waals surface area contributed by atoms with E-state index in [4.69, 9.17) is 0 Å². The summed E-state index contributed by atoms with van der Waals surface area (Å²) >= 11 is 2.08. The first-order chi connectivity index (χ1) is 6.95. The molecule has 3 nitrogen and oxygen atoms in total. The highest BCUT2D eigenvalue weighted by Crippen LogP contribution is 2.35. The molecule has 2 atom stereocenters. The summed E-state index contributed by atoms with van der Waals surface area (Å²) in [5, 5.41) is 3.61. The van der Waals surface area contributed by atoms with Gasteiger partial charge in [0.05, 0.1) is 18.1 Å². The molecule has 4 heteroatoms. The fourth-order valence-corrected chi connectivity index (χ4v) is 3.75. The average Bonchev–Trinajstić information content (AvgIpc) is 2.88. The van der Waals surface area contributed by atoms with Crippen LogP contribution in [0.1, 0.15) is 23.9 Å². The lowest BCUT2D eigenvalue weighted by molar-refractivity contribution is 0.370. The van der Waals surface area contributed by atoms with Crippen molar-refractivity contribution in [2.75, 3.05) is 18.1 Å². The van der Waals surface area contributed by atoms with Crippen LogP contribution in [-0.4, -0.2) is 28.0 Å². The first-order valence-corrected chi connectivity index (χ1v) is 6.44. The van der Waals surface area contributed by atoms with Gasteiger partial charge in [0.2, 0.25) is 0 Å². The molecule has 1 aromatic rings. The van der Waals surface area contributed by atoms with Gasteiger partial charge in [-0.25, -0.2) is 4.98 Å². The number of thioether (sulfide) groups is 1. The molecule has 1 fully saturated rings. The quantitative estimate of drug-likeness (QED) is 0.733. The van der Waals surface area contributed by atoms with Crippen molar-refractivity contribution < 1.29 is 0 Å². The van der Waals surface area contributed by atoms with Gasteiger partial charge in [0.25, 0.3) is 0 Å². The van der Waals surface area contributed by atoms with Gasteiger partial charge in [-0.1, -0.05) is 0 Å². The van der Waals surface area contributed by atoms with E-state index in [-0.39, 0.29) is 0 Å². The van der Waals surface area contributed by atoms with Gasteiger partial charge in [0.1, 0.15) is 0 Å². The van der Waals surface area contributed by atoms with E-state index in [1.807, 2.05) is 6.33 Å². The molecule has 2 aliphatic rings. The normalized spacial score (nSPS) is 31.7. The zero-order chi connectivity index (χ0) is 9.38. The van der Waals surface area contributed by atoms with Crippen LogP contribution in [0.4, 0.5) is 0 Å². The van der Waals surface area contributed by atoms with Crippen LogP contribution in [0, 0.1) is 5.92 Å². The van der Waals surface area contributed by atoms with Gasteiger partial charge in [-0.2, -0.15) is 11.8 Å². The third-order valence-electron chi connectivity index (χ3n) is 3.22. The molecule has 2 N–H and O–H groups in total. The number of fused-ring (bicyclic) bond motifs is 1. The van der Waals surface area contributed by atoms with E-state index >= 15 is 0 Å². The van der Waals surface area contributed by atoms with E-state index in [0.717, 1.165) is 18.9 Å². The Morgan fingerprint density at radius 1 is 1.50 bits per heavy atom. The topological polar surface area (TPSA) is 40.7 Å². The summed E-state index contributed by atoms with van der Waals surface area (Å²) in [6, 6.07) is 0.514. The van der Waals surface area contributed by atoms with Gasteiger partial charge in [-0.15, -0.1) is 0 Å². The second-order valence-electron chi connectivity index (χ2n) is 4.07. The SMILES string of the molecule is c1nc2c([nH]1)CCNC2C1CCSC1. The third-order valence-corrected chi connectivity index (χ3v) is 4.41. The number of imidazole rings is 1. The third kappa shape index (κ3) is 1.37. The number of H-pyrrole nitrogens is 1. The Labute approximate surface area is 88.1 Å². The van der Waals surface area contributed by atoms with Gasteiger partial charge in [0, 0.05) is 18.7 Å². The Morgan fingerprint density at radius 2 is 2.50 bits per heavy atom. The molecule has 3 rings (SSSR count). The molecule has 0 radical (unpaired) electrons. The molecule has 1 aromatic heterocycles. The molecule has 2 unspecified atom stereocenters. The average molecular weight is 209 g/mol. The highest BCUT2D eigenvalue weighted by atomic mass is 32.2. The molecule has 3 heterocycles. The Hall–Kier alpha value is -0.480. The first-order valence-electron chi connectivity index (χ1n) is 5.28. The Morgan fingerprint density at radius 3 is 3.36 bits per heavy atom. The molecule has 0 bridgehead atoms. The maximum absolute atomic E-state index is 4.46. The summed E-state index contributed by atoms with van der Waals surface area (Å²) in [7, 11) is 0. The maximum Gasteiger partial charge on any atom is 0.0925 e. The van der Waals surface area contributed by atoms with Crippen LogP contribution in [-0.2, 0) is 6.42 Å². The van der Waals surface area contributed by atoms with E-state index in [1.54, 1.807) is 0 Å². The van der Waals surface area contributed by atoms with E-state index in [0.29, 0.717) is 6.04 Å². The molecule has 0 saturated carbocycles. The van der Waals surface area contributed by atoms with E-state index < -0.39 is 0 Å². The smallest absolute Gasteiger partial charge is 0.0925 e. The minimum atomic E-state index is 0.514. The molecule has 14 heavy (non-hydrogen) atoms. The summed E-state index contributed by atoms with van der Waals surface area (Å²) in [4.78, 5) is 7.71. The van der Waals surface area contributed by atoms with Crippen LogP contribution < -0.4 is 5.32 Å². The highest BCUT2D eigenvalue weighted by Gasteiger charge is 2.31. The van der Waals surface area contributed by atoms with Crippen LogP contribution in [0.5, 0.6) is 0 Å². The number of aromatic nitrogens is 2. The van der Waals surface area contributed by atoms with Crippen molar-refractivity contribution in [1.29, 1.82) is 0 Å². The number of nitrogens with zero attached hydrogens (tertiary/aromatic N) is 1. The van der Waals surface area contributed by atoms with E-state index in [9.17, 15) is 0 Å². The van der Waals surface area contributed by atoms with Crippen LogP contribution in [0.15, 0.2) is 6.33 Å². The van der Waals surface area contributed by atoms with Crippen LogP contribution in [0.2, 0.25) is 0 Å². The maximum atomic E-state index is 4.46. The monoisotopic (exact) mass is 209 g/mol. The van der Waals surface area contributed by atoms with Gasteiger partial charge in [-0.05, 0) is 23.8 Å². The predicted octanol–water partition coefficient (Wildman–Crippen LogP) is 1.35. The van der Waals surface area contributed by atoms with Crippen molar-refractivity contribution in [3.63, 3.8) is 0 Å². The number of hydrogen-bond donors (Lipinski definition) is 2. The number of hydrogen-bond acceptors (Lipinski definition) is 3. The van der Waals surface area contributed by atoms with Gasteiger partial charge in [0.15, 0.2) is 0 Å². The Bertz CT molecular complexity index is 317. The zero-order valence-corrected chi connectivity index (χ0v) is 8.94. The molecule has 1 saturated heterocycles. The lowest BCUT2D eigenvalue weighted by Crippen LogP contribution is -2.35. The largest absolute Gasteiger partial charge is 0.348 e. The van der Waals surface area contributed by atoms with Crippen molar-refractivity contribution in [3.05, 3.63) is 17.7 Å². The van der Waals surface area contributed by atoms with Crippen molar-refractivity contribution in [2.45, 2.75) is 18.9 Å². The molecular formula is C10H15N3S. The number of aromatic amines is 1. The predicted molar refractivity (Wildman–Crippen MR) is 58.5 cm³/mol. The minimum absolute atomic E-state index is 0.514. The van der Waals surface area contributed by atoms with Crippen LogP contribution in [0.25, 0.3) is 0 Å². The van der Waals surface area contributed by atoms with Gasteiger partial charge < -0.3 is 10.3 Å². The molecular weight excluding hydrogens is 194 g/mol. The van der Waals surface area contributed by atoms with Crippen LogP contribution >= 0.6 is 11.8 Å². The number of rotatable bonds is 1. The van der Waals surface area contributed by atoms with Crippen molar-refractivity contribution >= 4 is 11.8 Å². The lowest BCUT2D eigenvalue weighted by Gasteiger charge is -2.27. The first kappa shape index (κ1) is 8.80. The fraction of sp³-hybridized carbons (Fsp3) is 0.700. The molecule has 0 spiro atoms. The van der Waals surface area contributed by atoms with E-state index in [2.05, 4.69) is 27.0 Å². The van der Waals surface area contributed by atoms with Crippen LogP contribution in [0.3, 0.4) is 0 Å². The summed E-state index contributed by atoms with van der Waals surface area (Å²) < 4.78 is 0. The summed E-state index contributed by atoms with van der Waals surface area (Å²) in [6.07, 6.45) is 4.28. The van der Waals surface area contributed by atoms with Crippen molar-refractivity contribution in [3.8, 4) is 0 Å². The molecule has 2 aliphatic heterocycles.